The van der Waals surface area contributed by atoms with E-state index in [4.69, 9.17) is 0 Å². The number of rotatable bonds is 3. The summed E-state index contributed by atoms with van der Waals surface area (Å²) in [7, 11) is 1.42. The molecule has 0 aromatic heterocycles. The number of esters is 1. The second kappa shape index (κ2) is 4.29. The van der Waals surface area contributed by atoms with E-state index in [0.717, 1.165) is 5.92 Å². The van der Waals surface area contributed by atoms with Crippen molar-refractivity contribution in [2.24, 2.45) is 11.3 Å². The Morgan fingerprint density at radius 2 is 2.29 bits per heavy atom. The first-order valence-corrected chi connectivity index (χ1v) is 7.89. The topological polar surface area (TPSA) is 26.3 Å². The molecular weight excluding hydrogens is 279 g/mol. The molecule has 0 spiro atoms. The molecule has 17 heavy (non-hydrogen) atoms. The summed E-state index contributed by atoms with van der Waals surface area (Å²) in [4.78, 5) is 13.1. The van der Waals surface area contributed by atoms with Gasteiger partial charge >= 0.3 is 110 Å². The predicted molar refractivity (Wildman–Crippen MR) is 69.9 cm³/mol. The molecule has 2 bridgehead atoms. The van der Waals surface area contributed by atoms with Crippen molar-refractivity contribution in [1.82, 2.24) is 0 Å². The maximum atomic E-state index is 11.1. The number of methoxy groups -OCH3 is 1. The summed E-state index contributed by atoms with van der Waals surface area (Å²) >= 11 is 0.299. The number of allylic oxidation sites excluding steroid dienone is 1. The molecule has 2 atom stereocenters. The normalized spacial score (nSPS) is 34.5. The first kappa shape index (κ1) is 12.9. The van der Waals surface area contributed by atoms with Crippen molar-refractivity contribution in [1.29, 1.82) is 0 Å². The third-order valence-electron chi connectivity index (χ3n) is 4.64. The standard InChI is InChI=1S/C14H20O2Se/c1-10-9-11-5-7-14(10,13(11,2)3)17-8-6-12(15)16-4/h6,8,11H,1,5,7,9H2,2-4H3/b8-6-. The van der Waals surface area contributed by atoms with E-state index in [-0.39, 0.29) is 10.3 Å². The van der Waals surface area contributed by atoms with E-state index in [1.165, 1.54) is 31.9 Å². The van der Waals surface area contributed by atoms with E-state index < -0.39 is 0 Å². The van der Waals surface area contributed by atoms with Crippen LogP contribution in [0.2, 0.25) is 4.31 Å². The molecule has 2 fully saturated rings. The third-order valence-corrected chi connectivity index (χ3v) is 8.20. The van der Waals surface area contributed by atoms with Crippen LogP contribution in [0.5, 0.6) is 0 Å². The van der Waals surface area contributed by atoms with Crippen LogP contribution in [0.4, 0.5) is 0 Å². The molecule has 2 rings (SSSR count). The Balaban J connectivity index is 2.15. The summed E-state index contributed by atoms with van der Waals surface area (Å²) in [6.45, 7) is 9.03. The molecule has 0 N–H and O–H groups in total. The number of carbonyl (C=O) groups is 1. The second-order valence-corrected chi connectivity index (χ2v) is 8.06. The van der Waals surface area contributed by atoms with Gasteiger partial charge in [-0.15, -0.1) is 0 Å². The number of hydrogen-bond acceptors (Lipinski definition) is 2. The van der Waals surface area contributed by atoms with Crippen molar-refractivity contribution >= 4 is 20.9 Å². The van der Waals surface area contributed by atoms with Crippen LogP contribution in [-0.4, -0.2) is 28.0 Å². The van der Waals surface area contributed by atoms with E-state index in [9.17, 15) is 4.79 Å². The van der Waals surface area contributed by atoms with E-state index in [1.54, 1.807) is 6.08 Å². The molecule has 0 radical (unpaired) electrons. The fourth-order valence-electron chi connectivity index (χ4n) is 3.41. The molecule has 2 aliphatic carbocycles. The van der Waals surface area contributed by atoms with Crippen LogP contribution < -0.4 is 0 Å². The van der Waals surface area contributed by atoms with Gasteiger partial charge in [-0.05, 0) is 0 Å². The number of ether oxygens (including phenoxy) is 1. The van der Waals surface area contributed by atoms with Gasteiger partial charge in [-0.3, -0.25) is 0 Å². The Morgan fingerprint density at radius 1 is 1.59 bits per heavy atom. The zero-order valence-corrected chi connectivity index (χ0v) is 12.5. The Labute approximate surface area is 110 Å². The Hall–Kier alpha value is -0.531. The fraction of sp³-hybridized carbons (Fsp3) is 0.643. The molecule has 2 nitrogen and oxygen atoms in total. The van der Waals surface area contributed by atoms with Gasteiger partial charge in [0.2, 0.25) is 0 Å². The van der Waals surface area contributed by atoms with Gasteiger partial charge in [0.15, 0.2) is 0 Å². The molecule has 2 saturated carbocycles. The predicted octanol–water partition coefficient (Wildman–Crippen LogP) is 2.93. The van der Waals surface area contributed by atoms with Crippen LogP contribution in [-0.2, 0) is 9.53 Å². The van der Waals surface area contributed by atoms with E-state index in [1.807, 2.05) is 4.97 Å². The molecule has 0 saturated heterocycles. The summed E-state index contributed by atoms with van der Waals surface area (Å²) in [5.41, 5.74) is 1.76. The molecule has 0 aliphatic heterocycles. The molecular formula is C14H20O2Se. The molecule has 2 unspecified atom stereocenters. The molecule has 2 aliphatic rings. The summed E-state index contributed by atoms with van der Waals surface area (Å²) in [5, 5.41) is 0. The van der Waals surface area contributed by atoms with Gasteiger partial charge in [0.1, 0.15) is 0 Å². The number of carbonyl (C=O) groups excluding carboxylic acids is 1. The first-order chi connectivity index (χ1) is 7.94. The summed E-state index contributed by atoms with van der Waals surface area (Å²) in [6, 6.07) is 0. The first-order valence-electron chi connectivity index (χ1n) is 6.04. The van der Waals surface area contributed by atoms with Gasteiger partial charge in [0, 0.05) is 0 Å². The van der Waals surface area contributed by atoms with Crippen molar-refractivity contribution in [3.8, 4) is 0 Å². The van der Waals surface area contributed by atoms with Crippen molar-refractivity contribution in [3.63, 3.8) is 0 Å². The molecule has 0 heterocycles. The van der Waals surface area contributed by atoms with Gasteiger partial charge in [-0.25, -0.2) is 0 Å². The van der Waals surface area contributed by atoms with E-state index >= 15 is 0 Å². The molecule has 0 amide bonds. The van der Waals surface area contributed by atoms with Crippen LogP contribution in [0.3, 0.4) is 0 Å². The zero-order valence-electron chi connectivity index (χ0n) is 10.8. The maximum absolute atomic E-state index is 11.1. The van der Waals surface area contributed by atoms with E-state index in [2.05, 4.69) is 25.2 Å². The van der Waals surface area contributed by atoms with Gasteiger partial charge in [0.25, 0.3) is 0 Å². The van der Waals surface area contributed by atoms with Crippen LogP contribution >= 0.6 is 0 Å². The van der Waals surface area contributed by atoms with Crippen LogP contribution in [0.15, 0.2) is 23.2 Å². The van der Waals surface area contributed by atoms with Crippen molar-refractivity contribution < 1.29 is 9.53 Å². The second-order valence-electron chi connectivity index (χ2n) is 5.54. The molecule has 3 heteroatoms. The zero-order chi connectivity index (χ0) is 12.7. The molecule has 0 aromatic carbocycles. The minimum absolute atomic E-state index is 0.251. The minimum atomic E-state index is -0.251. The SMILES string of the molecule is C=C1CC2CCC1([Se]/C=C\C(=O)OC)C2(C)C. The van der Waals surface area contributed by atoms with Gasteiger partial charge in [-0.1, -0.05) is 0 Å². The quantitative estimate of drug-likeness (QED) is 0.347. The van der Waals surface area contributed by atoms with Crippen LogP contribution in [0, 0.1) is 11.3 Å². The van der Waals surface area contributed by atoms with Gasteiger partial charge < -0.3 is 0 Å². The van der Waals surface area contributed by atoms with Crippen LogP contribution in [0.25, 0.3) is 0 Å². The molecule has 94 valence electrons. The number of fused-ring (bicyclic) bond motifs is 2. The Kier molecular flexibility index (Phi) is 3.26. The van der Waals surface area contributed by atoms with Crippen molar-refractivity contribution in [2.75, 3.05) is 7.11 Å². The Bertz CT molecular complexity index is 384. The average molecular weight is 299 g/mol. The fourth-order valence-corrected chi connectivity index (χ4v) is 6.28. The average Bonchev–Trinajstić information content (AvgIpc) is 2.62. The summed E-state index contributed by atoms with van der Waals surface area (Å²) < 4.78 is 4.91. The third kappa shape index (κ3) is 1.80. The summed E-state index contributed by atoms with van der Waals surface area (Å²) in [5.74, 6) is 0.544. The van der Waals surface area contributed by atoms with Gasteiger partial charge in [-0.2, -0.15) is 0 Å². The number of hydrogen-bond donors (Lipinski definition) is 0. The monoisotopic (exact) mass is 300 g/mol. The van der Waals surface area contributed by atoms with Crippen molar-refractivity contribution in [2.45, 2.75) is 37.4 Å². The molecule has 0 aromatic rings. The van der Waals surface area contributed by atoms with E-state index in [0.29, 0.717) is 20.4 Å². The van der Waals surface area contributed by atoms with Crippen LogP contribution in [0.1, 0.15) is 33.1 Å². The van der Waals surface area contributed by atoms with Crippen molar-refractivity contribution in [3.05, 3.63) is 23.2 Å². The van der Waals surface area contributed by atoms with Gasteiger partial charge in [0.05, 0.1) is 0 Å². The Morgan fingerprint density at radius 3 is 2.76 bits per heavy atom. The summed E-state index contributed by atoms with van der Waals surface area (Å²) in [6.07, 6.45) is 5.32.